The van der Waals surface area contributed by atoms with Crippen molar-refractivity contribution in [1.29, 1.82) is 0 Å². The highest BCUT2D eigenvalue weighted by Crippen LogP contribution is 2.28. The minimum atomic E-state index is -0.196. The maximum atomic E-state index is 12.5. The van der Waals surface area contributed by atoms with Gasteiger partial charge >= 0.3 is 5.97 Å². The number of likely N-dealkylation sites (tertiary alicyclic amines) is 1. The van der Waals surface area contributed by atoms with E-state index in [-0.39, 0.29) is 18.0 Å². The summed E-state index contributed by atoms with van der Waals surface area (Å²) in [6, 6.07) is 5.55. The van der Waals surface area contributed by atoms with E-state index in [9.17, 15) is 9.59 Å². The maximum Gasteiger partial charge on any atom is 0.305 e. The number of rotatable bonds is 11. The molecule has 0 bridgehead atoms. The van der Waals surface area contributed by atoms with Gasteiger partial charge in [-0.2, -0.15) is 0 Å². The summed E-state index contributed by atoms with van der Waals surface area (Å²) in [6.07, 6.45) is 2.93. The van der Waals surface area contributed by atoms with E-state index in [4.69, 9.17) is 18.9 Å². The number of ether oxygens (including phenoxy) is 4. The fraction of sp³-hybridized carbons (Fsp3) is 0.636. The molecule has 1 amide bonds. The van der Waals surface area contributed by atoms with Crippen molar-refractivity contribution in [2.24, 2.45) is 0 Å². The molecule has 2 rings (SSSR count). The number of benzene rings is 1. The van der Waals surface area contributed by atoms with Gasteiger partial charge in [-0.1, -0.05) is 0 Å². The van der Waals surface area contributed by atoms with Gasteiger partial charge in [-0.25, -0.2) is 0 Å². The van der Waals surface area contributed by atoms with Crippen LogP contribution >= 0.6 is 0 Å². The van der Waals surface area contributed by atoms with E-state index >= 15 is 0 Å². The molecule has 0 saturated carbocycles. The van der Waals surface area contributed by atoms with Crippen molar-refractivity contribution in [1.82, 2.24) is 10.2 Å². The molecule has 0 aromatic heterocycles. The average molecular weight is 423 g/mol. The number of piperidine rings is 1. The second-order valence-electron chi connectivity index (χ2n) is 7.43. The molecule has 1 heterocycles. The molecule has 1 saturated heterocycles. The van der Waals surface area contributed by atoms with E-state index in [1.165, 1.54) is 7.11 Å². The van der Waals surface area contributed by atoms with Gasteiger partial charge in [0.15, 0.2) is 0 Å². The van der Waals surface area contributed by atoms with Crippen LogP contribution in [0.1, 0.15) is 43.0 Å². The zero-order chi connectivity index (χ0) is 21.9. The van der Waals surface area contributed by atoms with E-state index in [1.54, 1.807) is 32.4 Å². The number of nitrogens with one attached hydrogen (secondary N) is 1. The summed E-state index contributed by atoms with van der Waals surface area (Å²) >= 11 is 0. The van der Waals surface area contributed by atoms with Gasteiger partial charge in [0.1, 0.15) is 17.6 Å². The first-order valence-corrected chi connectivity index (χ1v) is 10.4. The Kier molecular flexibility index (Phi) is 9.89. The number of esters is 1. The Hall–Kier alpha value is -2.32. The average Bonchev–Trinajstić information content (AvgIpc) is 2.77. The van der Waals surface area contributed by atoms with Crippen molar-refractivity contribution in [3.8, 4) is 11.5 Å². The molecule has 1 N–H and O–H groups in total. The lowest BCUT2D eigenvalue weighted by molar-refractivity contribution is -0.141. The SMILES string of the molecule is COCCNC(=O)c1ccc(OC)cc1OC1CCN([C@H](C)CCC(=O)OC)CC1. The molecule has 0 radical (unpaired) electrons. The fourth-order valence-corrected chi connectivity index (χ4v) is 3.50. The smallest absolute Gasteiger partial charge is 0.305 e. The standard InChI is InChI=1S/C22H34N2O6/c1-16(5-8-21(25)29-4)24-12-9-17(10-13-24)30-20-15-18(28-3)6-7-19(20)22(26)23-11-14-27-2/h6-7,15-17H,5,8-14H2,1-4H3,(H,23,26)/t16-/m1/s1. The van der Waals surface area contributed by atoms with Crippen LogP contribution in [0.5, 0.6) is 11.5 Å². The van der Waals surface area contributed by atoms with Crippen molar-refractivity contribution in [3.63, 3.8) is 0 Å². The van der Waals surface area contributed by atoms with E-state index in [0.29, 0.717) is 42.7 Å². The van der Waals surface area contributed by atoms with Crippen LogP contribution in [0.25, 0.3) is 0 Å². The number of amides is 1. The molecule has 8 heteroatoms. The zero-order valence-corrected chi connectivity index (χ0v) is 18.4. The van der Waals surface area contributed by atoms with Gasteiger partial charge in [-0.05, 0) is 38.3 Å². The number of methoxy groups -OCH3 is 3. The first-order valence-electron chi connectivity index (χ1n) is 10.4. The number of carbonyl (C=O) groups is 2. The summed E-state index contributed by atoms with van der Waals surface area (Å²) in [7, 11) is 4.60. The number of hydrogen-bond acceptors (Lipinski definition) is 7. The minimum absolute atomic E-state index is 0.0201. The Morgan fingerprint density at radius 2 is 1.93 bits per heavy atom. The molecule has 168 valence electrons. The Balaban J connectivity index is 1.94. The van der Waals surface area contributed by atoms with Gasteiger partial charge in [0, 0.05) is 45.3 Å². The molecule has 1 fully saturated rings. The van der Waals surface area contributed by atoms with Crippen molar-refractivity contribution >= 4 is 11.9 Å². The van der Waals surface area contributed by atoms with Gasteiger partial charge in [0.25, 0.3) is 5.91 Å². The molecule has 1 aliphatic heterocycles. The fourth-order valence-electron chi connectivity index (χ4n) is 3.50. The quantitative estimate of drug-likeness (QED) is 0.432. The van der Waals surface area contributed by atoms with E-state index < -0.39 is 0 Å². The van der Waals surface area contributed by atoms with Crippen molar-refractivity contribution in [2.75, 3.05) is 47.6 Å². The normalized spacial score (nSPS) is 16.0. The summed E-state index contributed by atoms with van der Waals surface area (Å²) in [5.41, 5.74) is 0.487. The van der Waals surface area contributed by atoms with Crippen LogP contribution in [0.2, 0.25) is 0 Å². The largest absolute Gasteiger partial charge is 0.497 e. The molecule has 1 atom stereocenters. The van der Waals surface area contributed by atoms with Crippen LogP contribution in [0.15, 0.2) is 18.2 Å². The Morgan fingerprint density at radius 1 is 1.20 bits per heavy atom. The molecule has 1 aliphatic rings. The summed E-state index contributed by atoms with van der Waals surface area (Å²) in [4.78, 5) is 26.3. The third-order valence-corrected chi connectivity index (χ3v) is 5.41. The Labute approximate surface area is 178 Å². The van der Waals surface area contributed by atoms with Gasteiger partial charge < -0.3 is 29.2 Å². The summed E-state index contributed by atoms with van der Waals surface area (Å²) < 4.78 is 21.2. The van der Waals surface area contributed by atoms with Crippen LogP contribution in [0, 0.1) is 0 Å². The molecular weight excluding hydrogens is 388 g/mol. The van der Waals surface area contributed by atoms with Crippen LogP contribution in [-0.4, -0.2) is 76.5 Å². The predicted molar refractivity (Wildman–Crippen MR) is 113 cm³/mol. The molecule has 1 aromatic carbocycles. The third-order valence-electron chi connectivity index (χ3n) is 5.41. The lowest BCUT2D eigenvalue weighted by Crippen LogP contribution is -2.43. The Bertz CT molecular complexity index is 688. The molecule has 8 nitrogen and oxygen atoms in total. The first-order chi connectivity index (χ1) is 14.5. The van der Waals surface area contributed by atoms with Gasteiger partial charge in [0.05, 0.1) is 26.4 Å². The van der Waals surface area contributed by atoms with E-state index in [2.05, 4.69) is 17.1 Å². The van der Waals surface area contributed by atoms with E-state index in [0.717, 1.165) is 32.4 Å². The van der Waals surface area contributed by atoms with Crippen LogP contribution < -0.4 is 14.8 Å². The second kappa shape index (κ2) is 12.4. The van der Waals surface area contributed by atoms with Gasteiger partial charge in [-0.15, -0.1) is 0 Å². The van der Waals surface area contributed by atoms with Crippen molar-refractivity contribution in [2.45, 2.75) is 44.8 Å². The second-order valence-corrected chi connectivity index (χ2v) is 7.43. The lowest BCUT2D eigenvalue weighted by atomic mass is 10.0. The molecule has 0 unspecified atom stereocenters. The van der Waals surface area contributed by atoms with Crippen molar-refractivity contribution in [3.05, 3.63) is 23.8 Å². The van der Waals surface area contributed by atoms with Gasteiger partial charge in [-0.3, -0.25) is 9.59 Å². The highest BCUT2D eigenvalue weighted by Gasteiger charge is 2.25. The summed E-state index contributed by atoms with van der Waals surface area (Å²) in [5.74, 6) is 0.807. The molecular formula is C22H34N2O6. The lowest BCUT2D eigenvalue weighted by Gasteiger charge is -2.36. The third kappa shape index (κ3) is 7.18. The zero-order valence-electron chi connectivity index (χ0n) is 18.4. The topological polar surface area (TPSA) is 86.3 Å². The number of hydrogen-bond donors (Lipinski definition) is 1. The molecule has 0 spiro atoms. The van der Waals surface area contributed by atoms with Crippen LogP contribution in [0.4, 0.5) is 0 Å². The Morgan fingerprint density at radius 3 is 2.57 bits per heavy atom. The highest BCUT2D eigenvalue weighted by molar-refractivity contribution is 5.97. The first kappa shape index (κ1) is 24.0. The number of nitrogens with zero attached hydrogens (tertiary/aromatic N) is 1. The van der Waals surface area contributed by atoms with Crippen molar-refractivity contribution < 1.29 is 28.5 Å². The number of carbonyl (C=O) groups excluding carboxylic acids is 2. The molecule has 1 aromatic rings. The summed E-state index contributed by atoms with van der Waals surface area (Å²) in [5, 5.41) is 2.83. The molecule has 0 aliphatic carbocycles. The molecule has 30 heavy (non-hydrogen) atoms. The predicted octanol–water partition coefficient (Wildman–Crippen LogP) is 2.26. The van der Waals surface area contributed by atoms with Gasteiger partial charge in [0.2, 0.25) is 0 Å². The summed E-state index contributed by atoms with van der Waals surface area (Å²) in [6.45, 7) is 4.78. The maximum absolute atomic E-state index is 12.5. The van der Waals surface area contributed by atoms with Crippen LogP contribution in [-0.2, 0) is 14.3 Å². The minimum Gasteiger partial charge on any atom is -0.497 e. The van der Waals surface area contributed by atoms with E-state index in [1.807, 2.05) is 0 Å². The highest BCUT2D eigenvalue weighted by atomic mass is 16.5. The monoisotopic (exact) mass is 422 g/mol. The van der Waals surface area contributed by atoms with Crippen LogP contribution in [0.3, 0.4) is 0 Å².